The first kappa shape index (κ1) is 21.8. The molecule has 3 aliphatic rings. The van der Waals surface area contributed by atoms with Crippen molar-refractivity contribution in [2.24, 2.45) is 0 Å². The van der Waals surface area contributed by atoms with Gasteiger partial charge in [-0.1, -0.05) is 12.1 Å². The standard InChI is InChI=1S/C26H28O7/c1-25(2)11-10-15-20(29)18-16(28)12-17(13-6-8-14(27)9-7-13)31-22(18)19(21(15)32-25)23-24(30-5)26(3,4)33-23/h6-11,17,23-24,27,29H,12H2,1-5H3/t17-,23-,24+/m0/s1. The molecule has 0 radical (unpaired) electrons. The third-order valence-corrected chi connectivity index (χ3v) is 6.57. The minimum atomic E-state index is -0.626. The van der Waals surface area contributed by atoms with E-state index in [1.807, 2.05) is 33.8 Å². The minimum absolute atomic E-state index is 0.0599. The third-order valence-electron chi connectivity index (χ3n) is 6.57. The van der Waals surface area contributed by atoms with Gasteiger partial charge in [-0.3, -0.25) is 4.79 Å². The second-order valence-corrected chi connectivity index (χ2v) is 9.87. The van der Waals surface area contributed by atoms with E-state index in [2.05, 4.69) is 0 Å². The summed E-state index contributed by atoms with van der Waals surface area (Å²) in [6, 6.07) is 6.55. The van der Waals surface area contributed by atoms with Crippen LogP contribution in [0.25, 0.3) is 6.08 Å². The Morgan fingerprint density at radius 2 is 1.76 bits per heavy atom. The van der Waals surface area contributed by atoms with E-state index >= 15 is 0 Å². The number of benzene rings is 2. The minimum Gasteiger partial charge on any atom is -0.508 e. The lowest BCUT2D eigenvalue weighted by Crippen LogP contribution is -2.56. The highest BCUT2D eigenvalue weighted by atomic mass is 16.6. The number of methoxy groups -OCH3 is 1. The highest BCUT2D eigenvalue weighted by Gasteiger charge is 2.54. The lowest BCUT2D eigenvalue weighted by atomic mass is 9.80. The molecule has 7 nitrogen and oxygen atoms in total. The number of carbonyl (C=O) groups excluding carboxylic acids is 1. The molecule has 0 aromatic heterocycles. The molecule has 174 valence electrons. The Bertz CT molecular complexity index is 1160. The second-order valence-electron chi connectivity index (χ2n) is 9.87. The van der Waals surface area contributed by atoms with E-state index in [9.17, 15) is 15.0 Å². The number of ether oxygens (including phenoxy) is 4. The van der Waals surface area contributed by atoms with Gasteiger partial charge in [-0.05, 0) is 57.5 Å². The van der Waals surface area contributed by atoms with Gasteiger partial charge < -0.3 is 29.2 Å². The van der Waals surface area contributed by atoms with E-state index in [4.69, 9.17) is 18.9 Å². The molecular weight excluding hydrogens is 424 g/mol. The monoisotopic (exact) mass is 452 g/mol. The molecule has 0 saturated carbocycles. The van der Waals surface area contributed by atoms with Crippen LogP contribution in [0, 0.1) is 0 Å². The number of ketones is 1. The van der Waals surface area contributed by atoms with Crippen molar-refractivity contribution in [3.8, 4) is 23.0 Å². The van der Waals surface area contributed by atoms with Gasteiger partial charge in [0.05, 0.1) is 23.1 Å². The number of fused-ring (bicyclic) bond motifs is 2. The summed E-state index contributed by atoms with van der Waals surface area (Å²) in [4.78, 5) is 13.3. The number of carbonyl (C=O) groups is 1. The number of phenolic OH excluding ortho intramolecular Hbond substituents is 2. The molecule has 7 heteroatoms. The summed E-state index contributed by atoms with van der Waals surface area (Å²) in [5.74, 6) is 0.428. The molecule has 2 aromatic rings. The fourth-order valence-electron chi connectivity index (χ4n) is 4.91. The number of aromatic hydroxyl groups is 2. The highest BCUT2D eigenvalue weighted by Crippen LogP contribution is 2.58. The van der Waals surface area contributed by atoms with Crippen molar-refractivity contribution >= 4 is 11.9 Å². The number of Topliss-reactive ketones (excluding diaryl/α,β-unsaturated/α-hetero) is 1. The fraction of sp³-hybridized carbons (Fsp3) is 0.423. The molecule has 1 saturated heterocycles. The van der Waals surface area contributed by atoms with Gasteiger partial charge in [0.1, 0.15) is 52.5 Å². The van der Waals surface area contributed by atoms with Gasteiger partial charge in [0, 0.05) is 7.11 Å². The van der Waals surface area contributed by atoms with Crippen molar-refractivity contribution in [2.45, 2.75) is 63.6 Å². The van der Waals surface area contributed by atoms with E-state index in [0.717, 1.165) is 5.56 Å². The highest BCUT2D eigenvalue weighted by molar-refractivity contribution is 6.05. The summed E-state index contributed by atoms with van der Waals surface area (Å²) in [5, 5.41) is 20.8. The summed E-state index contributed by atoms with van der Waals surface area (Å²) in [7, 11) is 1.62. The van der Waals surface area contributed by atoms with Crippen molar-refractivity contribution in [3.63, 3.8) is 0 Å². The summed E-state index contributed by atoms with van der Waals surface area (Å²) >= 11 is 0. The van der Waals surface area contributed by atoms with Gasteiger partial charge in [0.2, 0.25) is 0 Å². The fourth-order valence-corrected chi connectivity index (χ4v) is 4.91. The molecule has 0 amide bonds. The molecule has 33 heavy (non-hydrogen) atoms. The summed E-state index contributed by atoms with van der Waals surface area (Å²) in [5.41, 5.74) is 0.722. The maximum absolute atomic E-state index is 13.3. The van der Waals surface area contributed by atoms with Gasteiger partial charge >= 0.3 is 0 Å². The predicted octanol–water partition coefficient (Wildman–Crippen LogP) is 4.85. The van der Waals surface area contributed by atoms with Crippen LogP contribution < -0.4 is 9.47 Å². The summed E-state index contributed by atoms with van der Waals surface area (Å²) < 4.78 is 24.7. The number of phenols is 2. The van der Waals surface area contributed by atoms with Crippen LogP contribution in [-0.2, 0) is 9.47 Å². The SMILES string of the molecule is CO[C@@H]1[C@H](c2c3c(c(O)c4c2O[C@H](c2ccc(O)cc2)CC4=O)C=CC(C)(C)O3)OC1(C)C. The lowest BCUT2D eigenvalue weighted by Gasteiger charge is -2.51. The third kappa shape index (κ3) is 3.38. The molecule has 3 heterocycles. The van der Waals surface area contributed by atoms with E-state index in [-0.39, 0.29) is 41.1 Å². The van der Waals surface area contributed by atoms with Crippen molar-refractivity contribution < 1.29 is 34.0 Å². The lowest BCUT2D eigenvalue weighted by molar-refractivity contribution is -0.286. The molecule has 0 spiro atoms. The molecular formula is C26H28O7. The van der Waals surface area contributed by atoms with E-state index in [1.165, 1.54) is 0 Å². The Balaban J connectivity index is 1.71. The maximum Gasteiger partial charge on any atom is 0.174 e. The molecule has 3 aliphatic heterocycles. The van der Waals surface area contributed by atoms with Crippen LogP contribution in [0.4, 0.5) is 0 Å². The normalized spacial score (nSPS) is 26.5. The quantitative estimate of drug-likeness (QED) is 0.687. The Morgan fingerprint density at radius 3 is 2.39 bits per heavy atom. The van der Waals surface area contributed by atoms with Gasteiger partial charge in [0.15, 0.2) is 5.78 Å². The Kier molecular flexibility index (Phi) is 4.78. The van der Waals surface area contributed by atoms with Crippen molar-refractivity contribution in [3.05, 3.63) is 52.6 Å². The molecule has 2 aromatic carbocycles. The maximum atomic E-state index is 13.3. The summed E-state index contributed by atoms with van der Waals surface area (Å²) in [6.07, 6.45) is 2.26. The van der Waals surface area contributed by atoms with Crippen LogP contribution in [0.15, 0.2) is 30.3 Å². The molecule has 0 unspecified atom stereocenters. The molecule has 1 fully saturated rings. The van der Waals surface area contributed by atoms with E-state index in [0.29, 0.717) is 16.9 Å². The largest absolute Gasteiger partial charge is 0.508 e. The van der Waals surface area contributed by atoms with E-state index < -0.39 is 23.4 Å². The molecule has 2 N–H and O–H groups in total. The van der Waals surface area contributed by atoms with Gasteiger partial charge in [0.25, 0.3) is 0 Å². The van der Waals surface area contributed by atoms with Gasteiger partial charge in [-0.25, -0.2) is 0 Å². The predicted molar refractivity (Wildman–Crippen MR) is 121 cm³/mol. The second kappa shape index (κ2) is 7.23. The van der Waals surface area contributed by atoms with Crippen LogP contribution in [0.2, 0.25) is 0 Å². The topological polar surface area (TPSA) is 94.5 Å². The van der Waals surface area contributed by atoms with Crippen LogP contribution in [-0.4, -0.2) is 40.4 Å². The van der Waals surface area contributed by atoms with Gasteiger partial charge in [-0.2, -0.15) is 0 Å². The number of hydrogen-bond acceptors (Lipinski definition) is 7. The van der Waals surface area contributed by atoms with Crippen molar-refractivity contribution in [2.75, 3.05) is 7.11 Å². The average molecular weight is 453 g/mol. The first-order chi connectivity index (χ1) is 15.5. The number of rotatable bonds is 3. The first-order valence-electron chi connectivity index (χ1n) is 11.0. The Morgan fingerprint density at radius 1 is 1.06 bits per heavy atom. The van der Waals surface area contributed by atoms with Crippen molar-refractivity contribution in [1.29, 1.82) is 0 Å². The van der Waals surface area contributed by atoms with Crippen LogP contribution >= 0.6 is 0 Å². The Labute approximate surface area is 192 Å². The van der Waals surface area contributed by atoms with Crippen LogP contribution in [0.1, 0.15) is 73.4 Å². The zero-order chi connectivity index (χ0) is 23.7. The average Bonchev–Trinajstić information content (AvgIpc) is 2.72. The molecule has 3 atom stereocenters. The molecule has 0 aliphatic carbocycles. The summed E-state index contributed by atoms with van der Waals surface area (Å²) in [6.45, 7) is 7.70. The van der Waals surface area contributed by atoms with Crippen molar-refractivity contribution in [1.82, 2.24) is 0 Å². The first-order valence-corrected chi connectivity index (χ1v) is 11.0. The zero-order valence-electron chi connectivity index (χ0n) is 19.3. The van der Waals surface area contributed by atoms with Gasteiger partial charge in [-0.15, -0.1) is 0 Å². The molecule has 0 bridgehead atoms. The zero-order valence-corrected chi connectivity index (χ0v) is 19.3. The smallest absolute Gasteiger partial charge is 0.174 e. The number of hydrogen-bond donors (Lipinski definition) is 2. The van der Waals surface area contributed by atoms with Crippen LogP contribution in [0.3, 0.4) is 0 Å². The van der Waals surface area contributed by atoms with E-state index in [1.54, 1.807) is 37.5 Å². The Hall–Kier alpha value is -3.03. The molecule has 5 rings (SSSR count). The van der Waals surface area contributed by atoms with Crippen LogP contribution in [0.5, 0.6) is 23.0 Å².